The number of allylic oxidation sites excluding steroid dienone is 1. The third kappa shape index (κ3) is 4.69. The molecule has 164 valence electrons. The molecule has 33 heavy (non-hydrogen) atoms. The Morgan fingerprint density at radius 2 is 1.61 bits per heavy atom. The highest BCUT2D eigenvalue weighted by Gasteiger charge is 2.26. The molecule has 1 atom stereocenters. The summed E-state index contributed by atoms with van der Waals surface area (Å²) >= 11 is 0. The number of nitriles is 1. The van der Waals surface area contributed by atoms with Crippen molar-refractivity contribution >= 4 is 11.9 Å². The van der Waals surface area contributed by atoms with Gasteiger partial charge in [0.15, 0.2) is 5.78 Å². The van der Waals surface area contributed by atoms with Crippen molar-refractivity contribution in [2.75, 3.05) is 0 Å². The molecule has 0 radical (unpaired) electrons. The number of rotatable bonds is 5. The van der Waals surface area contributed by atoms with E-state index in [9.17, 15) is 10.1 Å². The summed E-state index contributed by atoms with van der Waals surface area (Å²) in [6.07, 6.45) is 11.8. The van der Waals surface area contributed by atoms with Crippen LogP contribution >= 0.6 is 0 Å². The molecule has 5 rings (SSSR count). The van der Waals surface area contributed by atoms with E-state index in [2.05, 4.69) is 48.5 Å². The van der Waals surface area contributed by atoms with Crippen LogP contribution in [0.15, 0.2) is 72.8 Å². The zero-order valence-corrected chi connectivity index (χ0v) is 19.0. The van der Waals surface area contributed by atoms with Crippen molar-refractivity contribution < 1.29 is 4.79 Å². The Morgan fingerprint density at radius 3 is 2.39 bits per heavy atom. The Morgan fingerprint density at radius 1 is 0.848 bits per heavy atom. The lowest BCUT2D eigenvalue weighted by Gasteiger charge is -2.23. The predicted octanol–water partition coefficient (Wildman–Crippen LogP) is 7.12. The third-order valence-corrected chi connectivity index (χ3v) is 7.32. The molecule has 2 aliphatic rings. The molecule has 0 saturated heterocycles. The summed E-state index contributed by atoms with van der Waals surface area (Å²) in [5, 5.41) is 9.47. The Kier molecular flexibility index (Phi) is 6.22. The maximum absolute atomic E-state index is 12.8. The van der Waals surface area contributed by atoms with Crippen molar-refractivity contribution in [2.45, 2.75) is 56.8 Å². The molecule has 0 spiro atoms. The lowest BCUT2D eigenvalue weighted by molar-refractivity contribution is -0.116. The van der Waals surface area contributed by atoms with Crippen molar-refractivity contribution in [1.82, 2.24) is 0 Å². The molecule has 3 aromatic carbocycles. The van der Waals surface area contributed by atoms with Gasteiger partial charge in [0.25, 0.3) is 0 Å². The van der Waals surface area contributed by atoms with Crippen LogP contribution in [0.4, 0.5) is 0 Å². The van der Waals surface area contributed by atoms with Gasteiger partial charge < -0.3 is 0 Å². The van der Waals surface area contributed by atoms with E-state index in [1.807, 2.05) is 30.3 Å². The maximum Gasteiger partial charge on any atom is 0.163 e. The molecule has 2 aliphatic carbocycles. The van der Waals surface area contributed by atoms with Crippen molar-refractivity contribution in [3.63, 3.8) is 0 Å². The van der Waals surface area contributed by atoms with E-state index in [0.29, 0.717) is 12.0 Å². The van der Waals surface area contributed by atoms with Gasteiger partial charge in [-0.1, -0.05) is 86.0 Å². The van der Waals surface area contributed by atoms with E-state index in [-0.39, 0.29) is 11.7 Å². The van der Waals surface area contributed by atoms with Crippen molar-refractivity contribution in [1.29, 1.82) is 5.26 Å². The Balaban J connectivity index is 1.37. The molecule has 0 aromatic heterocycles. The fraction of sp³-hybridized carbons (Fsp3) is 0.290. The minimum absolute atomic E-state index is 0.115. The molecule has 1 saturated carbocycles. The summed E-state index contributed by atoms with van der Waals surface area (Å²) in [6.45, 7) is 0. The van der Waals surface area contributed by atoms with Crippen LogP contribution in [0.1, 0.15) is 82.9 Å². The van der Waals surface area contributed by atoms with Gasteiger partial charge in [0, 0.05) is 0 Å². The second kappa shape index (κ2) is 9.59. The number of hydrogen-bond donors (Lipinski definition) is 0. The number of nitrogens with zero attached hydrogens (tertiary/aromatic N) is 1. The molecular weight excluding hydrogens is 402 g/mol. The van der Waals surface area contributed by atoms with Gasteiger partial charge in [0.05, 0.1) is 17.6 Å². The molecule has 1 unspecified atom stereocenters. The average Bonchev–Trinajstić information content (AvgIpc) is 2.87. The number of benzene rings is 3. The molecule has 1 fully saturated rings. The predicted molar refractivity (Wildman–Crippen MR) is 133 cm³/mol. The van der Waals surface area contributed by atoms with Gasteiger partial charge in [-0.15, -0.1) is 0 Å². The first-order chi connectivity index (χ1) is 16.2. The van der Waals surface area contributed by atoms with Crippen molar-refractivity contribution in [3.05, 3.63) is 112 Å². The molecule has 0 N–H and O–H groups in total. The summed E-state index contributed by atoms with van der Waals surface area (Å²) in [7, 11) is 0. The molecule has 2 nitrogen and oxygen atoms in total. The standard InChI is InChI=1S/C31H29NO/c32-21-28-9-5-4-8-27(28)20-30-29-19-23(12-15-26(29)16-17-31(30)33)18-22-10-13-25(14-11-22)24-6-2-1-3-7-24/h4-5,8-17,19,24,30H,1-3,6-7,18,20H2. The normalized spacial score (nSPS) is 18.0. The summed E-state index contributed by atoms with van der Waals surface area (Å²) in [5.74, 6) is 0.601. The molecular formula is C31H29NO. The van der Waals surface area contributed by atoms with E-state index in [1.165, 1.54) is 48.8 Å². The SMILES string of the molecule is N#Cc1ccccc1CC1C(=O)C=Cc2ccc(Cc3ccc(C4CCCCC4)cc3)cc21. The van der Waals surface area contributed by atoms with Crippen LogP contribution in [-0.2, 0) is 17.6 Å². The van der Waals surface area contributed by atoms with E-state index in [1.54, 1.807) is 6.08 Å². The molecule has 0 aliphatic heterocycles. The molecule has 0 bridgehead atoms. The van der Waals surface area contributed by atoms with Crippen LogP contribution in [0, 0.1) is 11.3 Å². The average molecular weight is 432 g/mol. The van der Waals surface area contributed by atoms with E-state index in [0.717, 1.165) is 29.0 Å². The van der Waals surface area contributed by atoms with Crippen LogP contribution < -0.4 is 0 Å². The fourth-order valence-corrected chi connectivity index (χ4v) is 5.45. The second-order valence-corrected chi connectivity index (χ2v) is 9.48. The number of hydrogen-bond acceptors (Lipinski definition) is 2. The number of carbonyl (C=O) groups excluding carboxylic acids is 1. The van der Waals surface area contributed by atoms with Gasteiger partial charge in [-0.05, 0) is 77.1 Å². The van der Waals surface area contributed by atoms with Gasteiger partial charge in [-0.25, -0.2) is 0 Å². The molecule has 0 heterocycles. The van der Waals surface area contributed by atoms with Crippen LogP contribution in [0.2, 0.25) is 0 Å². The maximum atomic E-state index is 12.8. The van der Waals surface area contributed by atoms with E-state index < -0.39 is 0 Å². The number of carbonyl (C=O) groups is 1. The van der Waals surface area contributed by atoms with E-state index >= 15 is 0 Å². The minimum atomic E-state index is -0.242. The smallest absolute Gasteiger partial charge is 0.163 e. The highest BCUT2D eigenvalue weighted by Crippen LogP contribution is 2.34. The van der Waals surface area contributed by atoms with Gasteiger partial charge in [0.2, 0.25) is 0 Å². The molecule has 3 aromatic rings. The third-order valence-electron chi connectivity index (χ3n) is 7.32. The molecule has 0 amide bonds. The Labute approximate surface area is 196 Å². The Bertz CT molecular complexity index is 1220. The number of ketones is 1. The van der Waals surface area contributed by atoms with Crippen LogP contribution in [-0.4, -0.2) is 5.78 Å². The van der Waals surface area contributed by atoms with Gasteiger partial charge in [-0.2, -0.15) is 5.26 Å². The largest absolute Gasteiger partial charge is 0.294 e. The highest BCUT2D eigenvalue weighted by atomic mass is 16.1. The lowest BCUT2D eigenvalue weighted by Crippen LogP contribution is -2.18. The topological polar surface area (TPSA) is 40.9 Å². The lowest BCUT2D eigenvalue weighted by atomic mass is 9.80. The van der Waals surface area contributed by atoms with Gasteiger partial charge in [-0.3, -0.25) is 4.79 Å². The first-order valence-electron chi connectivity index (χ1n) is 12.1. The first kappa shape index (κ1) is 21.4. The molecule has 2 heteroatoms. The van der Waals surface area contributed by atoms with Gasteiger partial charge in [0.1, 0.15) is 0 Å². The summed E-state index contributed by atoms with van der Waals surface area (Å²) in [6, 6.07) is 25.5. The van der Waals surface area contributed by atoms with Crippen molar-refractivity contribution in [3.8, 4) is 6.07 Å². The summed E-state index contributed by atoms with van der Waals surface area (Å²) in [4.78, 5) is 12.8. The minimum Gasteiger partial charge on any atom is -0.294 e. The monoisotopic (exact) mass is 431 g/mol. The zero-order chi connectivity index (χ0) is 22.6. The fourth-order valence-electron chi connectivity index (χ4n) is 5.45. The van der Waals surface area contributed by atoms with Crippen LogP contribution in [0.25, 0.3) is 6.08 Å². The number of fused-ring (bicyclic) bond motifs is 1. The van der Waals surface area contributed by atoms with Gasteiger partial charge >= 0.3 is 0 Å². The van der Waals surface area contributed by atoms with Crippen molar-refractivity contribution in [2.24, 2.45) is 0 Å². The summed E-state index contributed by atoms with van der Waals surface area (Å²) < 4.78 is 0. The first-order valence-corrected chi connectivity index (χ1v) is 12.1. The second-order valence-electron chi connectivity index (χ2n) is 9.48. The highest BCUT2D eigenvalue weighted by molar-refractivity contribution is 6.02. The Hall–Kier alpha value is -3.44. The van der Waals surface area contributed by atoms with E-state index in [4.69, 9.17) is 0 Å². The van der Waals surface area contributed by atoms with Crippen LogP contribution in [0.5, 0.6) is 0 Å². The van der Waals surface area contributed by atoms with Crippen LogP contribution in [0.3, 0.4) is 0 Å². The summed E-state index contributed by atoms with van der Waals surface area (Å²) in [5.41, 5.74) is 7.77. The quantitative estimate of drug-likeness (QED) is 0.431. The zero-order valence-electron chi connectivity index (χ0n) is 19.0.